The normalized spacial score (nSPS) is 26.2. The van der Waals surface area contributed by atoms with E-state index in [2.05, 4.69) is 17.1 Å². The van der Waals surface area contributed by atoms with Crippen LogP contribution in [0, 0.1) is 5.92 Å². The van der Waals surface area contributed by atoms with Crippen molar-refractivity contribution in [3.8, 4) is 0 Å². The van der Waals surface area contributed by atoms with Crippen molar-refractivity contribution < 1.29 is 9.53 Å². The van der Waals surface area contributed by atoms with Crippen LogP contribution in [0.25, 0.3) is 5.65 Å². The van der Waals surface area contributed by atoms with Crippen LogP contribution in [0.2, 0.25) is 0 Å². The number of hydrogen-bond acceptors (Lipinski definition) is 4. The minimum Gasteiger partial charge on any atom is -0.377 e. The average Bonchev–Trinajstić information content (AvgIpc) is 3.25. The maximum atomic E-state index is 13.0. The Balaban J connectivity index is 1.74. The van der Waals surface area contributed by atoms with Crippen LogP contribution < -0.4 is 0 Å². The topological polar surface area (TPSA) is 59.7 Å². The van der Waals surface area contributed by atoms with E-state index in [0.717, 1.165) is 0 Å². The van der Waals surface area contributed by atoms with Gasteiger partial charge >= 0.3 is 0 Å². The summed E-state index contributed by atoms with van der Waals surface area (Å²) in [6.07, 6.45) is 5.83. The molecule has 1 saturated carbocycles. The molecule has 0 radical (unpaired) electrons. The summed E-state index contributed by atoms with van der Waals surface area (Å²) in [7, 11) is 0. The molecule has 0 aromatic carbocycles. The average molecular weight is 286 g/mol. The molecule has 2 aromatic rings. The number of aromatic nitrogens is 3. The van der Waals surface area contributed by atoms with Gasteiger partial charge in [-0.15, -0.1) is 10.2 Å². The third-order valence-corrected chi connectivity index (χ3v) is 4.73. The Morgan fingerprint density at radius 1 is 1.48 bits per heavy atom. The molecule has 3 heterocycles. The van der Waals surface area contributed by atoms with Crippen LogP contribution in [0.5, 0.6) is 0 Å². The third kappa shape index (κ3) is 1.93. The zero-order valence-electron chi connectivity index (χ0n) is 12.0. The second-order valence-electron chi connectivity index (χ2n) is 6.12. The molecule has 2 aromatic heterocycles. The fraction of sp³-hybridized carbons (Fsp3) is 0.533. The number of hydrogen-bond donors (Lipinski definition) is 0. The molecule has 1 aliphatic heterocycles. The van der Waals surface area contributed by atoms with Gasteiger partial charge < -0.3 is 9.64 Å². The lowest BCUT2D eigenvalue weighted by Crippen LogP contribution is -2.58. The number of ether oxygens (including phenoxy) is 1. The van der Waals surface area contributed by atoms with Crippen molar-refractivity contribution in [1.29, 1.82) is 0 Å². The van der Waals surface area contributed by atoms with Gasteiger partial charge in [0.25, 0.3) is 5.91 Å². The molecule has 0 spiro atoms. The maximum absolute atomic E-state index is 13.0. The molecule has 4 rings (SSSR count). The molecule has 1 unspecified atom stereocenters. The van der Waals surface area contributed by atoms with Crippen molar-refractivity contribution in [3.05, 3.63) is 30.2 Å². The summed E-state index contributed by atoms with van der Waals surface area (Å²) in [5, 5.41) is 7.97. The predicted octanol–water partition coefficient (Wildman–Crippen LogP) is 1.37. The number of nitrogens with zero attached hydrogens (tertiary/aromatic N) is 4. The number of fused-ring (bicyclic) bond motifs is 1. The molecular formula is C15H18N4O2. The highest BCUT2D eigenvalue weighted by Gasteiger charge is 2.49. The zero-order valence-corrected chi connectivity index (χ0v) is 12.0. The Labute approximate surface area is 122 Å². The second kappa shape index (κ2) is 4.53. The van der Waals surface area contributed by atoms with E-state index in [1.54, 1.807) is 10.7 Å². The van der Waals surface area contributed by atoms with E-state index in [0.29, 0.717) is 36.9 Å². The molecule has 6 heteroatoms. The minimum absolute atomic E-state index is 0.0336. The van der Waals surface area contributed by atoms with Gasteiger partial charge in [0.15, 0.2) is 5.65 Å². The minimum atomic E-state index is -0.192. The summed E-state index contributed by atoms with van der Waals surface area (Å²) in [6, 6.07) is 3.69. The van der Waals surface area contributed by atoms with Gasteiger partial charge in [-0.05, 0) is 37.8 Å². The largest absolute Gasteiger partial charge is 0.377 e. The molecule has 21 heavy (non-hydrogen) atoms. The van der Waals surface area contributed by atoms with Crippen molar-refractivity contribution >= 4 is 11.6 Å². The SMILES string of the molecule is CC1(C2CC2)COCCN1C(=O)c1cccn2cnnc12. The van der Waals surface area contributed by atoms with Crippen LogP contribution in [-0.4, -0.2) is 50.7 Å². The summed E-state index contributed by atoms with van der Waals surface area (Å²) in [6.45, 7) is 4.01. The van der Waals surface area contributed by atoms with E-state index < -0.39 is 0 Å². The number of amides is 1. The molecule has 1 atom stereocenters. The Morgan fingerprint density at radius 3 is 3.14 bits per heavy atom. The van der Waals surface area contributed by atoms with Crippen LogP contribution in [0.4, 0.5) is 0 Å². The number of pyridine rings is 1. The molecule has 0 N–H and O–H groups in total. The first-order chi connectivity index (χ1) is 10.2. The van der Waals surface area contributed by atoms with Crippen molar-refractivity contribution in [3.63, 3.8) is 0 Å². The summed E-state index contributed by atoms with van der Waals surface area (Å²) in [5.74, 6) is 0.589. The van der Waals surface area contributed by atoms with E-state index in [-0.39, 0.29) is 11.4 Å². The number of carbonyl (C=O) groups is 1. The fourth-order valence-corrected chi connectivity index (χ4v) is 3.31. The highest BCUT2D eigenvalue weighted by atomic mass is 16.5. The highest BCUT2D eigenvalue weighted by Crippen LogP contribution is 2.44. The maximum Gasteiger partial charge on any atom is 0.258 e. The third-order valence-electron chi connectivity index (χ3n) is 4.73. The predicted molar refractivity (Wildman–Crippen MR) is 76.0 cm³/mol. The first-order valence-electron chi connectivity index (χ1n) is 7.38. The lowest BCUT2D eigenvalue weighted by molar-refractivity contribution is -0.0547. The number of morpholine rings is 1. The molecule has 1 saturated heterocycles. The lowest BCUT2D eigenvalue weighted by Gasteiger charge is -2.45. The molecule has 2 fully saturated rings. The second-order valence-corrected chi connectivity index (χ2v) is 6.12. The van der Waals surface area contributed by atoms with E-state index in [1.807, 2.05) is 23.2 Å². The molecule has 0 bridgehead atoms. The standard InChI is InChI=1S/C15H18N4O2/c1-15(11-4-5-11)9-21-8-7-19(15)14(20)12-3-2-6-18-10-16-17-13(12)18/h2-3,6,10-11H,4-5,7-9H2,1H3. The van der Waals surface area contributed by atoms with Crippen LogP contribution in [0.1, 0.15) is 30.1 Å². The van der Waals surface area contributed by atoms with Gasteiger partial charge in [0, 0.05) is 12.7 Å². The van der Waals surface area contributed by atoms with Crippen LogP contribution >= 0.6 is 0 Å². The highest BCUT2D eigenvalue weighted by molar-refractivity contribution is 6.00. The Bertz CT molecular complexity index is 694. The monoisotopic (exact) mass is 286 g/mol. The molecule has 1 amide bonds. The first kappa shape index (κ1) is 12.8. The summed E-state index contributed by atoms with van der Waals surface area (Å²) in [5.41, 5.74) is 1.04. The summed E-state index contributed by atoms with van der Waals surface area (Å²) >= 11 is 0. The van der Waals surface area contributed by atoms with Crippen molar-refractivity contribution in [2.45, 2.75) is 25.3 Å². The van der Waals surface area contributed by atoms with Crippen LogP contribution in [0.3, 0.4) is 0 Å². The number of rotatable bonds is 2. The van der Waals surface area contributed by atoms with E-state index in [1.165, 1.54) is 12.8 Å². The lowest BCUT2D eigenvalue weighted by atomic mass is 9.92. The van der Waals surface area contributed by atoms with Crippen LogP contribution in [0.15, 0.2) is 24.7 Å². The van der Waals surface area contributed by atoms with Gasteiger partial charge in [-0.2, -0.15) is 0 Å². The Hall–Kier alpha value is -1.95. The van der Waals surface area contributed by atoms with E-state index >= 15 is 0 Å². The van der Waals surface area contributed by atoms with Gasteiger partial charge in [0.05, 0.1) is 24.3 Å². The van der Waals surface area contributed by atoms with Gasteiger partial charge in [0.2, 0.25) is 0 Å². The molecule has 6 nitrogen and oxygen atoms in total. The summed E-state index contributed by atoms with van der Waals surface area (Å²) < 4.78 is 7.43. The van der Waals surface area contributed by atoms with Crippen molar-refractivity contribution in [1.82, 2.24) is 19.5 Å². The molecule has 1 aliphatic carbocycles. The van der Waals surface area contributed by atoms with Gasteiger partial charge in [-0.3, -0.25) is 9.20 Å². The van der Waals surface area contributed by atoms with Gasteiger partial charge in [-0.1, -0.05) is 0 Å². The van der Waals surface area contributed by atoms with Gasteiger partial charge in [0.1, 0.15) is 6.33 Å². The van der Waals surface area contributed by atoms with Gasteiger partial charge in [-0.25, -0.2) is 0 Å². The van der Waals surface area contributed by atoms with E-state index in [4.69, 9.17) is 4.74 Å². The summed E-state index contributed by atoms with van der Waals surface area (Å²) in [4.78, 5) is 15.0. The van der Waals surface area contributed by atoms with Crippen LogP contribution in [-0.2, 0) is 4.74 Å². The quantitative estimate of drug-likeness (QED) is 0.836. The van der Waals surface area contributed by atoms with E-state index in [9.17, 15) is 4.79 Å². The smallest absolute Gasteiger partial charge is 0.258 e. The Morgan fingerprint density at radius 2 is 2.33 bits per heavy atom. The molecule has 110 valence electrons. The van der Waals surface area contributed by atoms with Crippen molar-refractivity contribution in [2.24, 2.45) is 5.92 Å². The molecule has 2 aliphatic rings. The number of carbonyl (C=O) groups excluding carboxylic acids is 1. The first-order valence-corrected chi connectivity index (χ1v) is 7.38. The van der Waals surface area contributed by atoms with Crippen molar-refractivity contribution in [2.75, 3.05) is 19.8 Å². The zero-order chi connectivity index (χ0) is 14.4. The fourth-order valence-electron chi connectivity index (χ4n) is 3.31. The molecular weight excluding hydrogens is 268 g/mol. The Kier molecular flexibility index (Phi) is 2.75.